The van der Waals surface area contributed by atoms with Crippen LogP contribution >= 0.6 is 15.6 Å². The molecule has 0 spiro atoms. The highest BCUT2D eigenvalue weighted by atomic mass is 31.2. The van der Waals surface area contributed by atoms with Crippen LogP contribution in [0.1, 0.15) is 285 Å². The number of aliphatic hydroxyl groups excluding tert-OH is 1. The van der Waals surface area contributed by atoms with Crippen LogP contribution < -0.4 is 0 Å². The summed E-state index contributed by atoms with van der Waals surface area (Å²) in [6, 6.07) is 0. The molecule has 0 rings (SSSR count). The summed E-state index contributed by atoms with van der Waals surface area (Å²) in [6.45, 7) is 4.46. The quantitative estimate of drug-likeness (QED) is 0.0169. The van der Waals surface area contributed by atoms with Crippen LogP contribution in [0.2, 0.25) is 0 Å². The van der Waals surface area contributed by atoms with Gasteiger partial charge < -0.3 is 33.8 Å². The van der Waals surface area contributed by atoms with E-state index in [2.05, 4.69) is 137 Å². The first-order valence-electron chi connectivity index (χ1n) is 36.8. The molecule has 0 aliphatic carbocycles. The highest BCUT2D eigenvalue weighted by Gasteiger charge is 2.30. The highest BCUT2D eigenvalue weighted by molar-refractivity contribution is 7.47. The predicted octanol–water partition coefficient (Wildman–Crippen LogP) is 20.8. The Labute approximate surface area is 581 Å². The number of allylic oxidation sites excluding steroid dienone is 20. The van der Waals surface area contributed by atoms with Crippen molar-refractivity contribution in [2.24, 2.45) is 0 Å². The molecule has 0 aromatic heterocycles. The summed E-state index contributed by atoms with van der Waals surface area (Å²) in [5.41, 5.74) is 0. The molecule has 0 aromatic rings. The van der Waals surface area contributed by atoms with E-state index in [1.165, 1.54) is 38.5 Å². The monoisotopic (exact) mass is 1390 g/mol. The Morgan fingerprint density at radius 3 is 0.917 bits per heavy atom. The third-order valence-electron chi connectivity index (χ3n) is 14.9. The van der Waals surface area contributed by atoms with Crippen molar-refractivity contribution in [3.05, 3.63) is 122 Å². The molecule has 0 aliphatic rings. The standard InChI is InChI=1S/C77H130O17P2/c1-5-9-13-17-21-25-29-32-34-35-37-40-43-46-50-54-58-62-75(80)88-68-73(94-77(82)64-60-56-52-48-44-38-31-27-23-19-15-11-7-3)70-92-96(85,86)90-66-71(78)65-89-95(83,84)91-69-72(93-76(81)63-59-55-51-47-41-28-24-20-16-12-8-4)67-87-74(79)61-57-53-49-45-42-39-36-33-30-26-22-18-14-10-6-2/h9-10,13-15,19,21-22,25-27,31-34,36-37,40,46,50,71-73,78H,5-8,11-12,16-18,20,23-24,28-30,35,38-39,41-45,47-49,51-70H2,1-4H3,(H,83,84)(H,85,86)/b13-9-,14-10-,19-15-,25-21-,26-22-,31-27-,34-32-,36-33-,40-37-,50-46-. The lowest BCUT2D eigenvalue weighted by Gasteiger charge is -2.21. The van der Waals surface area contributed by atoms with E-state index in [1.54, 1.807) is 0 Å². The molecule has 0 amide bonds. The Hall–Kier alpha value is -4.54. The van der Waals surface area contributed by atoms with E-state index >= 15 is 0 Å². The van der Waals surface area contributed by atoms with E-state index in [0.29, 0.717) is 32.1 Å². The summed E-state index contributed by atoms with van der Waals surface area (Å²) < 4.78 is 68.3. The second-order valence-electron chi connectivity index (χ2n) is 24.1. The molecule has 5 unspecified atom stereocenters. The summed E-state index contributed by atoms with van der Waals surface area (Å²) in [5, 5.41) is 10.6. The number of ether oxygens (including phenoxy) is 4. The lowest BCUT2D eigenvalue weighted by atomic mass is 10.1. The Bertz CT molecular complexity index is 2300. The molecule has 0 radical (unpaired) electrons. The maximum atomic E-state index is 13.0. The summed E-state index contributed by atoms with van der Waals surface area (Å²) >= 11 is 0. The molecule has 5 atom stereocenters. The molecule has 0 aliphatic heterocycles. The van der Waals surface area contributed by atoms with Gasteiger partial charge in [0.1, 0.15) is 19.3 Å². The van der Waals surface area contributed by atoms with Crippen LogP contribution in [0.3, 0.4) is 0 Å². The molecule has 3 N–H and O–H groups in total. The van der Waals surface area contributed by atoms with Gasteiger partial charge in [-0.25, -0.2) is 9.13 Å². The Morgan fingerprint density at radius 2 is 0.573 bits per heavy atom. The minimum Gasteiger partial charge on any atom is -0.462 e. The van der Waals surface area contributed by atoms with E-state index in [9.17, 15) is 43.2 Å². The number of carbonyl (C=O) groups excluding carboxylic acids is 4. The van der Waals surface area contributed by atoms with Crippen molar-refractivity contribution in [2.45, 2.75) is 303 Å². The first kappa shape index (κ1) is 91.5. The zero-order valence-electron chi connectivity index (χ0n) is 59.8. The number of hydrogen-bond donors (Lipinski definition) is 3. The van der Waals surface area contributed by atoms with Crippen molar-refractivity contribution >= 4 is 39.5 Å². The molecular weight excluding hydrogens is 1260 g/mol. The topological polar surface area (TPSA) is 237 Å². The molecule has 550 valence electrons. The van der Waals surface area contributed by atoms with Crippen LogP contribution in [-0.4, -0.2) is 96.7 Å². The van der Waals surface area contributed by atoms with Gasteiger partial charge in [0.2, 0.25) is 0 Å². The molecule has 0 saturated carbocycles. The van der Waals surface area contributed by atoms with Gasteiger partial charge >= 0.3 is 39.5 Å². The summed E-state index contributed by atoms with van der Waals surface area (Å²) in [5.74, 6) is -2.28. The molecule has 0 fully saturated rings. The number of rotatable bonds is 68. The van der Waals surface area contributed by atoms with Gasteiger partial charge in [-0.1, -0.05) is 258 Å². The summed E-state index contributed by atoms with van der Waals surface area (Å²) in [4.78, 5) is 72.7. The number of phosphoric ester groups is 2. The van der Waals surface area contributed by atoms with Crippen molar-refractivity contribution < 1.29 is 80.2 Å². The molecule has 17 nitrogen and oxygen atoms in total. The van der Waals surface area contributed by atoms with Crippen molar-refractivity contribution in [3.63, 3.8) is 0 Å². The molecule has 0 saturated heterocycles. The maximum absolute atomic E-state index is 13.0. The van der Waals surface area contributed by atoms with Crippen molar-refractivity contribution in [3.8, 4) is 0 Å². The zero-order chi connectivity index (χ0) is 70.4. The fraction of sp³-hybridized carbons (Fsp3) is 0.688. The van der Waals surface area contributed by atoms with Gasteiger partial charge in [0, 0.05) is 25.7 Å². The molecule has 0 heterocycles. The van der Waals surface area contributed by atoms with Gasteiger partial charge in [0.05, 0.1) is 26.4 Å². The van der Waals surface area contributed by atoms with Gasteiger partial charge in [-0.3, -0.25) is 37.3 Å². The summed E-state index contributed by atoms with van der Waals surface area (Å²) in [6.07, 6.45) is 73.5. The summed E-state index contributed by atoms with van der Waals surface area (Å²) in [7, 11) is -9.97. The normalized spacial score (nSPS) is 14.7. The lowest BCUT2D eigenvalue weighted by molar-refractivity contribution is -0.161. The number of carbonyl (C=O) groups is 4. The van der Waals surface area contributed by atoms with E-state index < -0.39 is 97.5 Å². The predicted molar refractivity (Wildman–Crippen MR) is 390 cm³/mol. The average Bonchev–Trinajstić information content (AvgIpc) is 1.17. The Kier molecular flexibility index (Phi) is 65.7. The van der Waals surface area contributed by atoms with E-state index in [-0.39, 0.29) is 25.7 Å². The van der Waals surface area contributed by atoms with Crippen molar-refractivity contribution in [1.29, 1.82) is 0 Å². The van der Waals surface area contributed by atoms with Gasteiger partial charge in [-0.05, 0) is 122 Å². The smallest absolute Gasteiger partial charge is 0.462 e. The van der Waals surface area contributed by atoms with E-state index in [1.807, 2.05) is 12.2 Å². The molecule has 19 heteroatoms. The van der Waals surface area contributed by atoms with Crippen LogP contribution in [0.15, 0.2) is 122 Å². The molecule has 0 aromatic carbocycles. The SMILES string of the molecule is CC/C=C\C/C=C\C/C=C\C/C=C\C/C=C\CCCC(=O)OCC(COP(=O)(O)OCC(O)COP(=O)(O)OCC(COC(=O)CCCCCCC/C=C\C/C=C\C/C=C\CC)OC(=O)CCCCCCCCCCCCC)OC(=O)CCCCCCC/C=C\C/C=C\CCC. The Morgan fingerprint density at radius 1 is 0.302 bits per heavy atom. The van der Waals surface area contributed by atoms with Gasteiger partial charge in [-0.15, -0.1) is 0 Å². The van der Waals surface area contributed by atoms with Gasteiger partial charge in [0.25, 0.3) is 0 Å². The number of hydrogen-bond acceptors (Lipinski definition) is 15. The van der Waals surface area contributed by atoms with Gasteiger partial charge in [-0.2, -0.15) is 0 Å². The maximum Gasteiger partial charge on any atom is 0.472 e. The Balaban J connectivity index is 5.39. The fourth-order valence-corrected chi connectivity index (χ4v) is 10.9. The van der Waals surface area contributed by atoms with Crippen molar-refractivity contribution in [1.82, 2.24) is 0 Å². The van der Waals surface area contributed by atoms with Crippen LogP contribution in [0, 0.1) is 0 Å². The molecule has 96 heavy (non-hydrogen) atoms. The zero-order valence-corrected chi connectivity index (χ0v) is 61.5. The largest absolute Gasteiger partial charge is 0.472 e. The van der Waals surface area contributed by atoms with E-state index in [4.69, 9.17) is 37.0 Å². The van der Waals surface area contributed by atoms with Gasteiger partial charge in [0.15, 0.2) is 12.2 Å². The minimum absolute atomic E-state index is 0.0641. The average molecular weight is 1390 g/mol. The number of aliphatic hydroxyl groups is 1. The van der Waals surface area contributed by atoms with Crippen LogP contribution in [0.5, 0.6) is 0 Å². The van der Waals surface area contributed by atoms with Crippen molar-refractivity contribution in [2.75, 3.05) is 39.6 Å². The van der Waals surface area contributed by atoms with Crippen LogP contribution in [0.4, 0.5) is 0 Å². The highest BCUT2D eigenvalue weighted by Crippen LogP contribution is 2.45. The second kappa shape index (κ2) is 69.0. The second-order valence-corrected chi connectivity index (χ2v) is 27.0. The molecule has 0 bridgehead atoms. The number of esters is 4. The number of phosphoric acid groups is 2. The third-order valence-corrected chi connectivity index (χ3v) is 16.8. The minimum atomic E-state index is -4.99. The lowest BCUT2D eigenvalue weighted by Crippen LogP contribution is -2.30. The van der Waals surface area contributed by atoms with Crippen LogP contribution in [0.25, 0.3) is 0 Å². The molecular formula is C77H130O17P2. The first-order chi connectivity index (χ1) is 46.7. The third kappa shape index (κ3) is 68.0. The van der Waals surface area contributed by atoms with E-state index in [0.717, 1.165) is 161 Å². The number of unbranched alkanes of at least 4 members (excludes halogenated alkanes) is 22. The first-order valence-corrected chi connectivity index (χ1v) is 39.8. The fourth-order valence-electron chi connectivity index (χ4n) is 9.37. The van der Waals surface area contributed by atoms with Crippen LogP contribution in [-0.2, 0) is 65.4 Å².